The van der Waals surface area contributed by atoms with Gasteiger partial charge in [0.25, 0.3) is 0 Å². The monoisotopic (exact) mass is 486 g/mol. The number of benzene rings is 3. The van der Waals surface area contributed by atoms with Gasteiger partial charge < -0.3 is 9.84 Å². The van der Waals surface area contributed by atoms with Crippen LogP contribution in [-0.2, 0) is 16.7 Å². The van der Waals surface area contributed by atoms with Crippen LogP contribution >= 0.6 is 11.8 Å². The zero-order valence-electron chi connectivity index (χ0n) is 18.3. The first-order valence-corrected chi connectivity index (χ1v) is 11.3. The van der Waals surface area contributed by atoms with Crippen molar-refractivity contribution in [2.45, 2.75) is 36.3 Å². The third-order valence-electron chi connectivity index (χ3n) is 5.19. The van der Waals surface area contributed by atoms with E-state index in [4.69, 9.17) is 4.74 Å². The summed E-state index contributed by atoms with van der Waals surface area (Å²) in [5, 5.41) is 14.7. The summed E-state index contributed by atoms with van der Waals surface area (Å²) >= 11 is 1.58. The number of hydrogen-bond donors (Lipinski definition) is 1. The first kappa shape index (κ1) is 23.7. The Morgan fingerprint density at radius 1 is 1.03 bits per heavy atom. The molecule has 0 spiro atoms. The van der Waals surface area contributed by atoms with Crippen LogP contribution in [0.2, 0.25) is 0 Å². The average molecular weight is 487 g/mol. The van der Waals surface area contributed by atoms with Crippen LogP contribution in [0.4, 0.5) is 13.2 Å². The number of nitrogens with zero attached hydrogens (tertiary/aromatic N) is 2. The highest BCUT2D eigenvalue weighted by Gasteiger charge is 2.30. The number of hydrogen-bond acceptors (Lipinski definition) is 4. The summed E-state index contributed by atoms with van der Waals surface area (Å²) in [5.41, 5.74) is 0.283. The molecule has 0 aliphatic carbocycles. The molecule has 0 amide bonds. The molecule has 1 heterocycles. The summed E-state index contributed by atoms with van der Waals surface area (Å²) in [6.45, 7) is 2.98. The maximum Gasteiger partial charge on any atom is 0.416 e. The van der Waals surface area contributed by atoms with E-state index < -0.39 is 23.3 Å². The second-order valence-electron chi connectivity index (χ2n) is 8.15. The fraction of sp³-hybridized carbons (Fsp3) is 0.200. The number of carbonyl (C=O) groups is 1. The van der Waals surface area contributed by atoms with Crippen molar-refractivity contribution in [2.75, 3.05) is 0 Å². The molecule has 0 unspecified atom stereocenters. The molecular formula is C25H21F3N2O3S. The molecule has 176 valence electrons. The lowest BCUT2D eigenvalue weighted by atomic mass is 10.1. The first-order chi connectivity index (χ1) is 16.0. The number of fused-ring (bicyclic) bond motifs is 1. The van der Waals surface area contributed by atoms with Gasteiger partial charge in [-0.15, -0.1) is 11.8 Å². The third-order valence-corrected chi connectivity index (χ3v) is 6.25. The summed E-state index contributed by atoms with van der Waals surface area (Å²) in [6, 6.07) is 17.9. The molecule has 0 bridgehead atoms. The number of thioether (sulfide) groups is 1. The van der Waals surface area contributed by atoms with E-state index in [2.05, 4.69) is 5.10 Å². The molecule has 34 heavy (non-hydrogen) atoms. The molecule has 0 aliphatic rings. The number of halogens is 3. The standard InChI is InChI=1S/C25H21F3N2O3S/c1-24(2,23(31)32)33-20-10-12-21(13-11-20)34-15-17-5-3-4-16-14-30(29-22(16)17)19-8-6-18(7-9-19)25(26,27)28/h3-14H,15H2,1-2H3,(H,31,32). The molecule has 0 fully saturated rings. The number of carboxylic acid groups (broad SMARTS) is 1. The quantitative estimate of drug-likeness (QED) is 0.299. The van der Waals surface area contributed by atoms with Crippen LogP contribution in [-0.4, -0.2) is 26.5 Å². The summed E-state index contributed by atoms with van der Waals surface area (Å²) in [6.07, 6.45) is -2.59. The Morgan fingerprint density at radius 2 is 1.71 bits per heavy atom. The summed E-state index contributed by atoms with van der Waals surface area (Å²) in [4.78, 5) is 12.2. The largest absolute Gasteiger partial charge is 0.478 e. The van der Waals surface area contributed by atoms with Gasteiger partial charge >= 0.3 is 12.1 Å². The SMILES string of the molecule is CC(C)(Oc1ccc(SCc2cccc3cn(-c4ccc(C(F)(F)F)cc4)nc23)cc1)C(=O)O. The Labute approximate surface area is 198 Å². The number of alkyl halides is 3. The molecule has 5 nitrogen and oxygen atoms in total. The maximum atomic E-state index is 12.8. The summed E-state index contributed by atoms with van der Waals surface area (Å²) < 4.78 is 45.6. The molecule has 0 atom stereocenters. The molecule has 0 saturated carbocycles. The van der Waals surface area contributed by atoms with Crippen molar-refractivity contribution in [3.05, 3.63) is 84.1 Å². The number of rotatable bonds is 7. The van der Waals surface area contributed by atoms with Crippen LogP contribution in [0.25, 0.3) is 16.6 Å². The van der Waals surface area contributed by atoms with Crippen molar-refractivity contribution in [3.8, 4) is 11.4 Å². The van der Waals surface area contributed by atoms with E-state index in [1.807, 2.05) is 30.3 Å². The molecule has 4 rings (SSSR count). The van der Waals surface area contributed by atoms with Crippen LogP contribution in [0.15, 0.2) is 77.8 Å². The molecule has 0 radical (unpaired) electrons. The molecule has 1 aromatic heterocycles. The number of carboxylic acids is 1. The molecule has 0 aliphatic heterocycles. The van der Waals surface area contributed by atoms with Gasteiger partial charge in [-0.2, -0.15) is 18.3 Å². The Hall–Kier alpha value is -3.46. The van der Waals surface area contributed by atoms with E-state index >= 15 is 0 Å². The summed E-state index contributed by atoms with van der Waals surface area (Å²) in [7, 11) is 0. The van der Waals surface area contributed by atoms with Gasteiger partial charge in [-0.3, -0.25) is 0 Å². The molecular weight excluding hydrogens is 465 g/mol. The van der Waals surface area contributed by atoms with E-state index in [0.29, 0.717) is 17.2 Å². The Balaban J connectivity index is 1.49. The number of ether oxygens (including phenoxy) is 1. The lowest BCUT2D eigenvalue weighted by Gasteiger charge is -2.21. The maximum absolute atomic E-state index is 12.8. The number of aliphatic carboxylic acids is 1. The van der Waals surface area contributed by atoms with Gasteiger partial charge in [0.05, 0.1) is 16.8 Å². The smallest absolute Gasteiger partial charge is 0.416 e. The minimum Gasteiger partial charge on any atom is -0.478 e. The zero-order valence-corrected chi connectivity index (χ0v) is 19.2. The lowest BCUT2D eigenvalue weighted by Crippen LogP contribution is -2.37. The van der Waals surface area contributed by atoms with E-state index in [1.165, 1.54) is 26.0 Å². The zero-order chi connectivity index (χ0) is 24.5. The predicted octanol–water partition coefficient (Wildman–Crippen LogP) is 6.58. The van der Waals surface area contributed by atoms with Crippen LogP contribution in [0.5, 0.6) is 5.75 Å². The molecule has 3 aromatic carbocycles. The highest BCUT2D eigenvalue weighted by Crippen LogP contribution is 2.31. The minimum atomic E-state index is -4.38. The Morgan fingerprint density at radius 3 is 2.32 bits per heavy atom. The van der Waals surface area contributed by atoms with Crippen molar-refractivity contribution >= 4 is 28.6 Å². The van der Waals surface area contributed by atoms with Gasteiger partial charge in [0.1, 0.15) is 5.75 Å². The van der Waals surface area contributed by atoms with Crippen molar-refractivity contribution in [1.82, 2.24) is 9.78 Å². The van der Waals surface area contributed by atoms with Gasteiger partial charge in [-0.05, 0) is 67.9 Å². The van der Waals surface area contributed by atoms with Gasteiger partial charge in [-0.25, -0.2) is 9.48 Å². The van der Waals surface area contributed by atoms with Crippen molar-refractivity contribution in [3.63, 3.8) is 0 Å². The van der Waals surface area contributed by atoms with Crippen molar-refractivity contribution < 1.29 is 27.8 Å². The summed E-state index contributed by atoms with van der Waals surface area (Å²) in [5.74, 6) is 0.0475. The fourth-order valence-corrected chi connectivity index (χ4v) is 4.14. The van der Waals surface area contributed by atoms with E-state index in [0.717, 1.165) is 33.5 Å². The molecule has 0 saturated heterocycles. The first-order valence-electron chi connectivity index (χ1n) is 10.3. The van der Waals surface area contributed by atoms with E-state index in [-0.39, 0.29) is 0 Å². The second kappa shape index (κ2) is 9.06. The van der Waals surface area contributed by atoms with Gasteiger partial charge in [0.15, 0.2) is 5.60 Å². The molecule has 9 heteroatoms. The minimum absolute atomic E-state index is 0.467. The normalized spacial score (nSPS) is 12.1. The Bertz CT molecular complexity index is 1310. The average Bonchev–Trinajstić information content (AvgIpc) is 3.23. The van der Waals surface area contributed by atoms with Crippen LogP contribution < -0.4 is 4.74 Å². The molecule has 1 N–H and O–H groups in total. The van der Waals surface area contributed by atoms with E-state index in [9.17, 15) is 23.1 Å². The second-order valence-corrected chi connectivity index (χ2v) is 9.20. The number of aromatic nitrogens is 2. The Kier molecular flexibility index (Phi) is 6.31. The lowest BCUT2D eigenvalue weighted by molar-refractivity contribution is -0.152. The van der Waals surface area contributed by atoms with Crippen LogP contribution in [0.3, 0.4) is 0 Å². The van der Waals surface area contributed by atoms with Crippen molar-refractivity contribution in [2.24, 2.45) is 0 Å². The van der Waals surface area contributed by atoms with Gasteiger partial charge in [0, 0.05) is 22.2 Å². The highest BCUT2D eigenvalue weighted by molar-refractivity contribution is 7.98. The van der Waals surface area contributed by atoms with Gasteiger partial charge in [-0.1, -0.05) is 18.2 Å². The van der Waals surface area contributed by atoms with Crippen LogP contribution in [0.1, 0.15) is 25.0 Å². The predicted molar refractivity (Wildman–Crippen MR) is 124 cm³/mol. The topological polar surface area (TPSA) is 64.4 Å². The van der Waals surface area contributed by atoms with Gasteiger partial charge in [0.2, 0.25) is 0 Å². The van der Waals surface area contributed by atoms with Crippen LogP contribution in [0, 0.1) is 0 Å². The molecule has 4 aromatic rings. The third kappa shape index (κ3) is 5.20. The van der Waals surface area contributed by atoms with E-state index in [1.54, 1.807) is 34.8 Å². The highest BCUT2D eigenvalue weighted by atomic mass is 32.2. The van der Waals surface area contributed by atoms with Crippen molar-refractivity contribution in [1.29, 1.82) is 0 Å². The fourth-order valence-electron chi connectivity index (χ4n) is 3.26.